The Morgan fingerprint density at radius 3 is 1.33 bits per heavy atom. The van der Waals surface area contributed by atoms with Gasteiger partial charge in [0.05, 0.1) is 0 Å². The minimum Gasteiger partial charge on any atom is -0.444 e. The highest BCUT2D eigenvalue weighted by atomic mass is 32.2. The van der Waals surface area contributed by atoms with Crippen molar-refractivity contribution in [3.05, 3.63) is 192 Å². The first-order valence-electron chi connectivity index (χ1n) is 21.7. The SMILES string of the molecule is CCC[C@@H](Cc1ccccc1)C(=O)Nc1ccc(SCc2ccccc2)cc1.CCN(C(=O)OC(C)(C)C)[C@@H](Cc1ccccc1)C(=O)Nc1ccc(SCc2ccccc2)cc1. The zero-order valence-electron chi connectivity index (χ0n) is 37.2. The summed E-state index contributed by atoms with van der Waals surface area (Å²) in [5.74, 6) is 1.69. The molecule has 0 saturated heterocycles. The Morgan fingerprint density at radius 2 is 0.937 bits per heavy atom. The first kappa shape index (κ1) is 48.3. The van der Waals surface area contributed by atoms with Gasteiger partial charge in [-0.2, -0.15) is 0 Å². The summed E-state index contributed by atoms with van der Waals surface area (Å²) in [6, 6.07) is 56.0. The van der Waals surface area contributed by atoms with Crippen molar-refractivity contribution < 1.29 is 19.1 Å². The zero-order chi connectivity index (χ0) is 44.9. The number of ether oxygens (including phenoxy) is 1. The first-order valence-corrected chi connectivity index (χ1v) is 23.7. The van der Waals surface area contributed by atoms with Gasteiger partial charge in [0, 0.05) is 51.6 Å². The summed E-state index contributed by atoms with van der Waals surface area (Å²) in [6.45, 7) is 9.81. The van der Waals surface area contributed by atoms with Crippen LogP contribution in [0.4, 0.5) is 16.2 Å². The lowest BCUT2D eigenvalue weighted by atomic mass is 9.94. The van der Waals surface area contributed by atoms with Crippen LogP contribution in [0.2, 0.25) is 0 Å². The van der Waals surface area contributed by atoms with Crippen LogP contribution in [0.25, 0.3) is 0 Å². The minimum atomic E-state index is -0.704. The average Bonchev–Trinajstić information content (AvgIpc) is 3.29. The molecule has 9 heteroatoms. The maximum atomic E-state index is 13.4. The van der Waals surface area contributed by atoms with Gasteiger partial charge in [-0.1, -0.05) is 135 Å². The second-order valence-electron chi connectivity index (χ2n) is 16.2. The fourth-order valence-corrected chi connectivity index (χ4v) is 8.48. The van der Waals surface area contributed by atoms with Crippen LogP contribution < -0.4 is 10.6 Å². The van der Waals surface area contributed by atoms with Crippen LogP contribution in [0.5, 0.6) is 0 Å². The molecule has 3 amide bonds. The van der Waals surface area contributed by atoms with Crippen molar-refractivity contribution in [3.8, 4) is 0 Å². The lowest BCUT2D eigenvalue weighted by molar-refractivity contribution is -0.121. The number of hydrogen-bond donors (Lipinski definition) is 2. The van der Waals surface area contributed by atoms with Gasteiger partial charge in [-0.05, 0) is 111 Å². The predicted molar refractivity (Wildman–Crippen MR) is 263 cm³/mol. The predicted octanol–water partition coefficient (Wildman–Crippen LogP) is 13.4. The van der Waals surface area contributed by atoms with Crippen LogP contribution in [0.1, 0.15) is 69.7 Å². The number of thioether (sulfide) groups is 2. The molecule has 0 unspecified atom stereocenters. The molecule has 0 fully saturated rings. The topological polar surface area (TPSA) is 87.7 Å². The fraction of sp³-hybridized carbons (Fsp3) is 0.278. The molecule has 2 atom stereocenters. The number of nitrogens with zero attached hydrogens (tertiary/aromatic N) is 1. The van der Waals surface area contributed by atoms with Gasteiger partial charge in [-0.25, -0.2) is 4.79 Å². The van der Waals surface area contributed by atoms with E-state index < -0.39 is 17.7 Å². The molecule has 0 aromatic heterocycles. The van der Waals surface area contributed by atoms with Gasteiger partial charge in [-0.15, -0.1) is 23.5 Å². The number of hydrogen-bond acceptors (Lipinski definition) is 6. The Kier molecular flexibility index (Phi) is 19.4. The summed E-state index contributed by atoms with van der Waals surface area (Å²) in [7, 11) is 0. The van der Waals surface area contributed by atoms with Gasteiger partial charge in [0.2, 0.25) is 11.8 Å². The summed E-state index contributed by atoms with van der Waals surface area (Å²) >= 11 is 3.55. The van der Waals surface area contributed by atoms with E-state index in [4.69, 9.17) is 4.74 Å². The molecule has 0 bridgehead atoms. The van der Waals surface area contributed by atoms with E-state index in [1.807, 2.05) is 137 Å². The van der Waals surface area contributed by atoms with Gasteiger partial charge in [0.1, 0.15) is 11.6 Å². The standard InChI is InChI=1S/C29H34N2O3S.C25H27NOS/c1-5-31(28(33)34-29(2,3)4)26(20-22-12-8-6-9-13-22)27(32)30-24-16-18-25(19-17-24)35-21-23-14-10-7-11-15-23;1-2-9-22(18-20-10-5-3-6-11-20)25(27)26-23-14-16-24(17-15-23)28-19-21-12-7-4-8-13-21/h6-19,26H,5,20-21H2,1-4H3,(H,30,32);3-8,10-17,22H,2,9,18-19H2,1H3,(H,26,27)/t26-;22-/m00/s1. The third kappa shape index (κ3) is 17.1. The van der Waals surface area contributed by atoms with Gasteiger partial charge in [0.25, 0.3) is 0 Å². The first-order chi connectivity index (χ1) is 30.5. The monoisotopic (exact) mass is 879 g/mol. The maximum Gasteiger partial charge on any atom is 0.410 e. The molecule has 0 aliphatic carbocycles. The van der Waals surface area contributed by atoms with Crippen LogP contribution >= 0.6 is 23.5 Å². The Morgan fingerprint density at radius 1 is 0.540 bits per heavy atom. The van der Waals surface area contributed by atoms with Gasteiger partial charge in [0.15, 0.2) is 0 Å². The summed E-state index contributed by atoms with van der Waals surface area (Å²) in [6.07, 6.45) is 2.57. The number of amides is 3. The average molecular weight is 880 g/mol. The third-order valence-electron chi connectivity index (χ3n) is 9.99. The number of likely N-dealkylation sites (N-methyl/N-ethyl adjacent to an activating group) is 1. The van der Waals surface area contributed by atoms with E-state index >= 15 is 0 Å². The van der Waals surface area contributed by atoms with Crippen molar-refractivity contribution in [2.75, 3.05) is 17.2 Å². The summed E-state index contributed by atoms with van der Waals surface area (Å²) in [5, 5.41) is 6.10. The van der Waals surface area contributed by atoms with Crippen LogP contribution in [0.3, 0.4) is 0 Å². The second kappa shape index (κ2) is 25.4. The molecule has 7 nitrogen and oxygen atoms in total. The highest BCUT2D eigenvalue weighted by Crippen LogP contribution is 2.27. The van der Waals surface area contributed by atoms with Crippen LogP contribution in [-0.4, -0.2) is 41.0 Å². The normalized spacial score (nSPS) is 11.9. The summed E-state index contributed by atoms with van der Waals surface area (Å²) in [4.78, 5) is 43.0. The maximum absolute atomic E-state index is 13.4. The van der Waals surface area contributed by atoms with E-state index in [1.165, 1.54) is 26.5 Å². The molecule has 0 radical (unpaired) electrons. The van der Waals surface area contributed by atoms with Crippen molar-refractivity contribution in [2.24, 2.45) is 5.92 Å². The molecule has 2 N–H and O–H groups in total. The molecular formula is C54H61N3O4S2. The number of carbonyl (C=O) groups is 3. The Labute approximate surface area is 383 Å². The lowest BCUT2D eigenvalue weighted by Crippen LogP contribution is -2.50. The van der Waals surface area contributed by atoms with Crippen LogP contribution in [0.15, 0.2) is 180 Å². The Hall–Kier alpha value is -5.77. The van der Waals surface area contributed by atoms with Crippen molar-refractivity contribution in [1.82, 2.24) is 4.90 Å². The largest absolute Gasteiger partial charge is 0.444 e. The number of rotatable bonds is 18. The van der Waals surface area contributed by atoms with Crippen molar-refractivity contribution in [3.63, 3.8) is 0 Å². The highest BCUT2D eigenvalue weighted by molar-refractivity contribution is 7.98. The smallest absolute Gasteiger partial charge is 0.410 e. The quantitative estimate of drug-likeness (QED) is 0.0836. The Bertz CT molecular complexity index is 2250. The second-order valence-corrected chi connectivity index (χ2v) is 18.3. The van der Waals surface area contributed by atoms with Crippen LogP contribution in [0, 0.1) is 5.92 Å². The van der Waals surface area contributed by atoms with Crippen molar-refractivity contribution in [2.45, 2.75) is 93.2 Å². The molecule has 6 aromatic rings. The molecule has 0 spiro atoms. The van der Waals surface area contributed by atoms with E-state index in [1.54, 1.807) is 23.5 Å². The number of nitrogens with one attached hydrogen (secondary N) is 2. The molecule has 63 heavy (non-hydrogen) atoms. The van der Waals surface area contributed by atoms with Gasteiger partial charge >= 0.3 is 6.09 Å². The number of benzene rings is 6. The molecule has 0 aliphatic rings. The lowest BCUT2D eigenvalue weighted by Gasteiger charge is -2.32. The van der Waals surface area contributed by atoms with Crippen LogP contribution in [-0.2, 0) is 38.7 Å². The zero-order valence-corrected chi connectivity index (χ0v) is 38.8. The molecule has 6 aromatic carbocycles. The Balaban J connectivity index is 0.000000243. The van der Waals surface area contributed by atoms with E-state index in [-0.39, 0.29) is 17.7 Å². The molecular weight excluding hydrogens is 819 g/mol. The minimum absolute atomic E-state index is 0.000433. The van der Waals surface area contributed by atoms with Gasteiger partial charge < -0.3 is 15.4 Å². The third-order valence-corrected chi connectivity index (χ3v) is 12.2. The fourth-order valence-electron chi connectivity index (χ4n) is 6.77. The van der Waals surface area contributed by atoms with E-state index in [9.17, 15) is 14.4 Å². The van der Waals surface area contributed by atoms with Crippen molar-refractivity contribution >= 4 is 52.8 Å². The molecule has 328 valence electrons. The molecule has 0 aliphatic heterocycles. The van der Waals surface area contributed by atoms with Gasteiger partial charge in [-0.3, -0.25) is 14.5 Å². The van der Waals surface area contributed by atoms with E-state index in [2.05, 4.69) is 78.2 Å². The van der Waals surface area contributed by atoms with E-state index in [0.717, 1.165) is 46.9 Å². The molecule has 6 rings (SSSR count). The van der Waals surface area contributed by atoms with Crippen molar-refractivity contribution in [1.29, 1.82) is 0 Å². The summed E-state index contributed by atoms with van der Waals surface area (Å²) in [5.41, 5.74) is 5.67. The molecule has 0 saturated carbocycles. The molecule has 0 heterocycles. The number of carbonyl (C=O) groups excluding carboxylic acids is 3. The highest BCUT2D eigenvalue weighted by Gasteiger charge is 2.32. The summed E-state index contributed by atoms with van der Waals surface area (Å²) < 4.78 is 5.59. The number of anilines is 2. The van der Waals surface area contributed by atoms with E-state index in [0.29, 0.717) is 18.7 Å².